The predicted octanol–water partition coefficient (Wildman–Crippen LogP) is 4.16. The summed E-state index contributed by atoms with van der Waals surface area (Å²) in [7, 11) is 0. The fourth-order valence-electron chi connectivity index (χ4n) is 5.31. The van der Waals surface area contributed by atoms with Gasteiger partial charge >= 0.3 is 12.3 Å². The number of rotatable bonds is 6. The van der Waals surface area contributed by atoms with Gasteiger partial charge in [0.1, 0.15) is 23.5 Å². The van der Waals surface area contributed by atoms with Crippen LogP contribution in [0.5, 0.6) is 0 Å². The molecule has 2 aromatic rings. The summed E-state index contributed by atoms with van der Waals surface area (Å²) in [6.45, 7) is 6.90. The molecule has 12 heteroatoms. The maximum atomic E-state index is 13.4. The highest BCUT2D eigenvalue weighted by atomic mass is 19.4. The fourth-order valence-corrected chi connectivity index (χ4v) is 5.31. The molecule has 222 valence electrons. The zero-order chi connectivity index (χ0) is 30.1. The van der Waals surface area contributed by atoms with E-state index in [-0.39, 0.29) is 30.8 Å². The normalized spacial score (nSPS) is 21.2. The van der Waals surface area contributed by atoms with Gasteiger partial charge in [-0.3, -0.25) is 14.5 Å². The molecule has 1 fully saturated rings. The highest BCUT2D eigenvalue weighted by Gasteiger charge is 2.42. The lowest BCUT2D eigenvalue weighted by atomic mass is 9.96. The SMILES string of the molecule is C[C@H](NC(=O)[C@H]1C[C@H](Cc2ccc(C(F)(F)F)cc2)CN1C(=O)OC(C)(C)C)C(=O)NC1CCc2nc(N)ccc21. The monoisotopic (exact) mass is 575 g/mol. The standard InChI is InChI=1S/C29H36F3N5O4/c1-16(25(38)36-22-11-10-21-20(22)9-12-24(33)35-21)34-26(39)23-14-18(15-37(23)27(40)41-28(2,3)4)13-17-5-7-19(8-6-17)29(30,31)32/h5-9,12,16,18,22-23H,10-11,13-15H2,1-4H3,(H2,33,35)(H,34,39)(H,36,38)/t16-,18-,22?,23+/m0/s1. The fraction of sp³-hybridized carbons (Fsp3) is 0.517. The topological polar surface area (TPSA) is 127 Å². The molecule has 0 radical (unpaired) electrons. The first-order valence-corrected chi connectivity index (χ1v) is 13.6. The van der Waals surface area contributed by atoms with Crippen LogP contribution in [-0.4, -0.2) is 52.0 Å². The van der Waals surface area contributed by atoms with Crippen LogP contribution in [0.2, 0.25) is 0 Å². The number of halogens is 3. The summed E-state index contributed by atoms with van der Waals surface area (Å²) < 4.78 is 44.4. The maximum absolute atomic E-state index is 13.4. The molecule has 2 aliphatic rings. The van der Waals surface area contributed by atoms with Crippen molar-refractivity contribution in [2.24, 2.45) is 5.92 Å². The molecule has 3 amide bonds. The summed E-state index contributed by atoms with van der Waals surface area (Å²) in [6.07, 6.45) is -3.12. The number of anilines is 1. The summed E-state index contributed by atoms with van der Waals surface area (Å²) in [5, 5.41) is 5.68. The van der Waals surface area contributed by atoms with Crippen molar-refractivity contribution in [2.75, 3.05) is 12.3 Å². The van der Waals surface area contributed by atoms with Crippen LogP contribution in [0.25, 0.3) is 0 Å². The second-order valence-electron chi connectivity index (χ2n) is 11.8. The molecule has 4 atom stereocenters. The minimum absolute atomic E-state index is 0.184. The second-order valence-corrected chi connectivity index (χ2v) is 11.8. The number of amides is 3. The second kappa shape index (κ2) is 11.6. The molecular weight excluding hydrogens is 539 g/mol. The van der Waals surface area contributed by atoms with Gasteiger partial charge in [-0.1, -0.05) is 18.2 Å². The van der Waals surface area contributed by atoms with Gasteiger partial charge in [0.05, 0.1) is 11.6 Å². The van der Waals surface area contributed by atoms with Crippen molar-refractivity contribution in [3.05, 3.63) is 58.8 Å². The third-order valence-electron chi connectivity index (χ3n) is 7.27. The number of fused-ring (bicyclic) bond motifs is 1. The molecule has 1 saturated heterocycles. The number of nitrogens with two attached hydrogens (primary N) is 1. The van der Waals surface area contributed by atoms with Crippen molar-refractivity contribution in [2.45, 2.75) is 83.3 Å². The molecule has 1 unspecified atom stereocenters. The van der Waals surface area contributed by atoms with E-state index in [1.54, 1.807) is 33.8 Å². The van der Waals surface area contributed by atoms with Gasteiger partial charge in [-0.2, -0.15) is 13.2 Å². The van der Waals surface area contributed by atoms with Crippen molar-refractivity contribution >= 4 is 23.7 Å². The lowest BCUT2D eigenvalue weighted by Gasteiger charge is -2.28. The predicted molar refractivity (Wildman–Crippen MR) is 145 cm³/mol. The zero-order valence-electron chi connectivity index (χ0n) is 23.5. The molecule has 0 bridgehead atoms. The summed E-state index contributed by atoms with van der Waals surface area (Å²) in [5.41, 5.74) is 6.61. The smallest absolute Gasteiger partial charge is 0.416 e. The highest BCUT2D eigenvalue weighted by Crippen LogP contribution is 2.32. The first-order chi connectivity index (χ1) is 19.1. The Bertz CT molecular complexity index is 1290. The average Bonchev–Trinajstić information content (AvgIpc) is 3.47. The summed E-state index contributed by atoms with van der Waals surface area (Å²) in [6, 6.07) is 6.34. The van der Waals surface area contributed by atoms with Gasteiger partial charge in [0.2, 0.25) is 11.8 Å². The number of nitrogens with one attached hydrogen (secondary N) is 2. The first-order valence-electron chi connectivity index (χ1n) is 13.6. The van der Waals surface area contributed by atoms with E-state index in [1.807, 2.05) is 6.07 Å². The van der Waals surface area contributed by atoms with E-state index in [0.29, 0.717) is 30.6 Å². The Morgan fingerprint density at radius 1 is 1.12 bits per heavy atom. The molecule has 2 heterocycles. The molecule has 9 nitrogen and oxygen atoms in total. The Balaban J connectivity index is 1.42. The van der Waals surface area contributed by atoms with Crippen molar-refractivity contribution in [3.63, 3.8) is 0 Å². The average molecular weight is 576 g/mol. The number of aryl methyl sites for hydroxylation is 1. The number of ether oxygens (including phenoxy) is 1. The van der Waals surface area contributed by atoms with Crippen LogP contribution < -0.4 is 16.4 Å². The largest absolute Gasteiger partial charge is 0.444 e. The van der Waals surface area contributed by atoms with E-state index in [1.165, 1.54) is 17.0 Å². The van der Waals surface area contributed by atoms with Crippen molar-refractivity contribution < 1.29 is 32.3 Å². The number of pyridine rings is 1. The van der Waals surface area contributed by atoms with Gasteiger partial charge in [0.25, 0.3) is 0 Å². The van der Waals surface area contributed by atoms with Crippen molar-refractivity contribution in [3.8, 4) is 0 Å². The van der Waals surface area contributed by atoms with Crippen LogP contribution >= 0.6 is 0 Å². The maximum Gasteiger partial charge on any atom is 0.416 e. The molecule has 4 rings (SSSR count). The third-order valence-corrected chi connectivity index (χ3v) is 7.27. The molecule has 41 heavy (non-hydrogen) atoms. The number of nitrogens with zero attached hydrogens (tertiary/aromatic N) is 2. The van der Waals surface area contributed by atoms with Crippen LogP contribution in [0.15, 0.2) is 36.4 Å². The number of carbonyl (C=O) groups is 3. The van der Waals surface area contributed by atoms with Crippen LogP contribution in [0.4, 0.5) is 23.8 Å². The number of likely N-dealkylation sites (tertiary alicyclic amines) is 1. The van der Waals surface area contributed by atoms with E-state index < -0.39 is 41.4 Å². The van der Waals surface area contributed by atoms with E-state index >= 15 is 0 Å². The van der Waals surface area contributed by atoms with E-state index in [9.17, 15) is 27.6 Å². The molecule has 0 spiro atoms. The summed E-state index contributed by atoms with van der Waals surface area (Å²) >= 11 is 0. The van der Waals surface area contributed by atoms with E-state index in [4.69, 9.17) is 10.5 Å². The number of hydrogen-bond donors (Lipinski definition) is 3. The number of carbonyl (C=O) groups excluding carboxylic acids is 3. The van der Waals surface area contributed by atoms with Gasteiger partial charge in [-0.25, -0.2) is 9.78 Å². The van der Waals surface area contributed by atoms with Crippen LogP contribution in [-0.2, 0) is 33.3 Å². The van der Waals surface area contributed by atoms with Gasteiger partial charge in [0, 0.05) is 12.2 Å². The lowest BCUT2D eigenvalue weighted by molar-refractivity contribution is -0.137. The molecule has 0 saturated carbocycles. The van der Waals surface area contributed by atoms with Gasteiger partial charge < -0.3 is 21.1 Å². The highest BCUT2D eigenvalue weighted by molar-refractivity contribution is 5.91. The lowest BCUT2D eigenvalue weighted by Crippen LogP contribution is -2.52. The van der Waals surface area contributed by atoms with Crippen molar-refractivity contribution in [1.29, 1.82) is 0 Å². The molecule has 1 aromatic heterocycles. The molecule has 1 aliphatic heterocycles. The molecule has 1 aromatic carbocycles. The first kappa shape index (κ1) is 30.1. The van der Waals surface area contributed by atoms with Gasteiger partial charge in [-0.15, -0.1) is 0 Å². The minimum Gasteiger partial charge on any atom is -0.444 e. The van der Waals surface area contributed by atoms with Crippen LogP contribution in [0.1, 0.15) is 69.0 Å². The summed E-state index contributed by atoms with van der Waals surface area (Å²) in [5.74, 6) is -0.668. The van der Waals surface area contributed by atoms with Crippen LogP contribution in [0.3, 0.4) is 0 Å². The quantitative estimate of drug-likeness (QED) is 0.475. The van der Waals surface area contributed by atoms with Crippen molar-refractivity contribution in [1.82, 2.24) is 20.5 Å². The Morgan fingerprint density at radius 3 is 2.44 bits per heavy atom. The minimum atomic E-state index is -4.43. The van der Waals surface area contributed by atoms with Crippen LogP contribution in [0, 0.1) is 5.92 Å². The van der Waals surface area contributed by atoms with E-state index in [0.717, 1.165) is 23.4 Å². The molecular formula is C29H36F3N5O4. The Labute approximate surface area is 237 Å². The molecule has 4 N–H and O–H groups in total. The Kier molecular flexibility index (Phi) is 8.51. The third kappa shape index (κ3) is 7.47. The van der Waals surface area contributed by atoms with Gasteiger partial charge in [0.15, 0.2) is 0 Å². The number of benzene rings is 1. The van der Waals surface area contributed by atoms with E-state index in [2.05, 4.69) is 15.6 Å². The molecule has 1 aliphatic carbocycles. The number of hydrogen-bond acceptors (Lipinski definition) is 6. The Morgan fingerprint density at radius 2 is 1.80 bits per heavy atom. The summed E-state index contributed by atoms with van der Waals surface area (Å²) in [4.78, 5) is 45.0. The number of nitrogen functional groups attached to an aromatic ring is 1. The number of alkyl halides is 3. The van der Waals surface area contributed by atoms with Gasteiger partial charge in [-0.05, 0) is 88.6 Å². The zero-order valence-corrected chi connectivity index (χ0v) is 23.5. The Hall–Kier alpha value is -3.83. The number of aromatic nitrogens is 1.